The lowest BCUT2D eigenvalue weighted by molar-refractivity contribution is 0.0761. The Kier molecular flexibility index (Phi) is 5.43. The summed E-state index contributed by atoms with van der Waals surface area (Å²) in [5.41, 5.74) is 0.726. The summed E-state index contributed by atoms with van der Waals surface area (Å²) in [5.74, 6) is 0.0519. The maximum atomic E-state index is 11.6. The Hall–Kier alpha value is -0.800. The van der Waals surface area contributed by atoms with Gasteiger partial charge < -0.3 is 4.74 Å². The highest BCUT2D eigenvalue weighted by molar-refractivity contribution is 7.98. The van der Waals surface area contributed by atoms with Crippen LogP contribution in [0.2, 0.25) is 0 Å². The summed E-state index contributed by atoms with van der Waals surface area (Å²) in [7, 11) is 0. The number of Topliss-reactive ketones (excluding diaryl/α,β-unsaturated/α-hetero) is 1. The fraction of sp³-hybridized carbons (Fsp3) is 0.417. The summed E-state index contributed by atoms with van der Waals surface area (Å²) < 4.78 is 5.20. The maximum Gasteiger partial charge on any atom is 0.188 e. The molecule has 3 heteroatoms. The first kappa shape index (κ1) is 12.3. The lowest BCUT2D eigenvalue weighted by Gasteiger charge is -2.02. The fourth-order valence-electron chi connectivity index (χ4n) is 1.17. The standard InChI is InChI=1S/C12H16O2S/c1-3-8-14-9-12(13)10-4-6-11(15-2)7-5-10/h4-7H,3,8-9H2,1-2H3. The van der Waals surface area contributed by atoms with Crippen molar-refractivity contribution in [2.45, 2.75) is 18.2 Å². The van der Waals surface area contributed by atoms with Crippen LogP contribution in [0, 0.1) is 0 Å². The number of carbonyl (C=O) groups is 1. The fourth-order valence-corrected chi connectivity index (χ4v) is 1.58. The Morgan fingerprint density at radius 2 is 2.00 bits per heavy atom. The van der Waals surface area contributed by atoms with E-state index in [9.17, 15) is 4.79 Å². The molecule has 0 saturated heterocycles. The third kappa shape index (κ3) is 4.06. The van der Waals surface area contributed by atoms with Crippen LogP contribution < -0.4 is 0 Å². The highest BCUT2D eigenvalue weighted by Crippen LogP contribution is 2.15. The van der Waals surface area contributed by atoms with E-state index in [-0.39, 0.29) is 12.4 Å². The molecular weight excluding hydrogens is 208 g/mol. The average molecular weight is 224 g/mol. The second-order valence-corrected chi connectivity index (χ2v) is 4.08. The number of thioether (sulfide) groups is 1. The first-order valence-corrected chi connectivity index (χ1v) is 6.25. The molecule has 0 aliphatic carbocycles. The average Bonchev–Trinajstić information content (AvgIpc) is 2.29. The van der Waals surface area contributed by atoms with Gasteiger partial charge in [0.15, 0.2) is 5.78 Å². The van der Waals surface area contributed by atoms with Crippen LogP contribution in [0.5, 0.6) is 0 Å². The summed E-state index contributed by atoms with van der Waals surface area (Å²) in [4.78, 5) is 12.8. The third-order valence-corrected chi connectivity index (χ3v) is 2.74. The molecule has 0 unspecified atom stereocenters. The molecule has 0 aliphatic heterocycles. The Morgan fingerprint density at radius 1 is 1.33 bits per heavy atom. The van der Waals surface area contributed by atoms with Crippen LogP contribution in [0.25, 0.3) is 0 Å². The van der Waals surface area contributed by atoms with E-state index in [2.05, 4.69) is 0 Å². The van der Waals surface area contributed by atoms with E-state index >= 15 is 0 Å². The minimum absolute atomic E-state index is 0.0519. The van der Waals surface area contributed by atoms with Gasteiger partial charge in [0.1, 0.15) is 6.61 Å². The zero-order valence-corrected chi connectivity index (χ0v) is 9.97. The Bertz CT molecular complexity index is 306. The van der Waals surface area contributed by atoms with Crippen LogP contribution in [-0.4, -0.2) is 25.3 Å². The number of hydrogen-bond donors (Lipinski definition) is 0. The van der Waals surface area contributed by atoms with Gasteiger partial charge in [-0.3, -0.25) is 4.79 Å². The number of benzene rings is 1. The van der Waals surface area contributed by atoms with Gasteiger partial charge in [-0.05, 0) is 24.8 Å². The molecule has 0 aromatic heterocycles. The van der Waals surface area contributed by atoms with Gasteiger partial charge in [0.2, 0.25) is 0 Å². The maximum absolute atomic E-state index is 11.6. The quantitative estimate of drug-likeness (QED) is 0.422. The normalized spacial score (nSPS) is 10.3. The van der Waals surface area contributed by atoms with E-state index in [1.807, 2.05) is 37.4 Å². The van der Waals surface area contributed by atoms with Gasteiger partial charge in [-0.2, -0.15) is 0 Å². The molecule has 0 atom stereocenters. The topological polar surface area (TPSA) is 26.3 Å². The van der Waals surface area contributed by atoms with Crippen molar-refractivity contribution in [3.05, 3.63) is 29.8 Å². The van der Waals surface area contributed by atoms with Crippen molar-refractivity contribution in [1.29, 1.82) is 0 Å². The van der Waals surface area contributed by atoms with E-state index in [0.717, 1.165) is 12.0 Å². The van der Waals surface area contributed by atoms with Gasteiger partial charge in [-0.15, -0.1) is 11.8 Å². The van der Waals surface area contributed by atoms with Gasteiger partial charge in [0, 0.05) is 17.1 Å². The molecule has 82 valence electrons. The highest BCUT2D eigenvalue weighted by atomic mass is 32.2. The Balaban J connectivity index is 2.50. The Morgan fingerprint density at radius 3 is 2.53 bits per heavy atom. The van der Waals surface area contributed by atoms with Crippen molar-refractivity contribution in [2.24, 2.45) is 0 Å². The summed E-state index contributed by atoms with van der Waals surface area (Å²) in [6.45, 7) is 2.86. The highest BCUT2D eigenvalue weighted by Gasteiger charge is 2.04. The lowest BCUT2D eigenvalue weighted by atomic mass is 10.1. The number of carbonyl (C=O) groups excluding carboxylic acids is 1. The predicted molar refractivity (Wildman–Crippen MR) is 63.7 cm³/mol. The molecule has 1 aromatic rings. The number of ether oxygens (including phenoxy) is 1. The zero-order valence-electron chi connectivity index (χ0n) is 9.16. The van der Waals surface area contributed by atoms with E-state index in [0.29, 0.717) is 6.61 Å². The first-order chi connectivity index (χ1) is 7.27. The molecule has 15 heavy (non-hydrogen) atoms. The summed E-state index contributed by atoms with van der Waals surface area (Å²) >= 11 is 1.67. The number of hydrogen-bond acceptors (Lipinski definition) is 3. The zero-order chi connectivity index (χ0) is 11.1. The van der Waals surface area contributed by atoms with Crippen LogP contribution in [0.15, 0.2) is 29.2 Å². The molecule has 2 nitrogen and oxygen atoms in total. The monoisotopic (exact) mass is 224 g/mol. The van der Waals surface area contributed by atoms with Gasteiger partial charge in [0.05, 0.1) is 0 Å². The molecule has 0 amide bonds. The number of rotatable bonds is 6. The van der Waals surface area contributed by atoms with Gasteiger partial charge in [-0.1, -0.05) is 19.1 Å². The lowest BCUT2D eigenvalue weighted by Crippen LogP contribution is -2.09. The molecule has 1 aromatic carbocycles. The molecule has 0 radical (unpaired) electrons. The van der Waals surface area contributed by atoms with E-state index in [4.69, 9.17) is 4.74 Å². The minimum atomic E-state index is 0.0519. The molecular formula is C12H16O2S. The SMILES string of the molecule is CCCOCC(=O)c1ccc(SC)cc1. The van der Waals surface area contributed by atoms with Crippen LogP contribution in [-0.2, 0) is 4.74 Å². The van der Waals surface area contributed by atoms with Crippen molar-refractivity contribution in [3.63, 3.8) is 0 Å². The van der Waals surface area contributed by atoms with Crippen molar-refractivity contribution in [2.75, 3.05) is 19.5 Å². The van der Waals surface area contributed by atoms with E-state index in [1.165, 1.54) is 4.90 Å². The number of ketones is 1. The molecule has 0 heterocycles. The predicted octanol–water partition coefficient (Wildman–Crippen LogP) is 3.02. The molecule has 0 saturated carbocycles. The molecule has 1 rings (SSSR count). The molecule has 0 bridgehead atoms. The second-order valence-electron chi connectivity index (χ2n) is 3.20. The molecule has 0 spiro atoms. The summed E-state index contributed by atoms with van der Waals surface area (Å²) in [5, 5.41) is 0. The molecule has 0 fully saturated rings. The summed E-state index contributed by atoms with van der Waals surface area (Å²) in [6, 6.07) is 7.61. The largest absolute Gasteiger partial charge is 0.373 e. The van der Waals surface area contributed by atoms with Gasteiger partial charge >= 0.3 is 0 Å². The second kappa shape index (κ2) is 6.64. The van der Waals surface area contributed by atoms with Crippen LogP contribution in [0.3, 0.4) is 0 Å². The van der Waals surface area contributed by atoms with Crippen molar-refractivity contribution < 1.29 is 9.53 Å². The third-order valence-electron chi connectivity index (χ3n) is 1.99. The van der Waals surface area contributed by atoms with Gasteiger partial charge in [-0.25, -0.2) is 0 Å². The van der Waals surface area contributed by atoms with Crippen molar-refractivity contribution in [1.82, 2.24) is 0 Å². The van der Waals surface area contributed by atoms with Crippen LogP contribution in [0.4, 0.5) is 0 Å². The first-order valence-electron chi connectivity index (χ1n) is 5.03. The van der Waals surface area contributed by atoms with Crippen molar-refractivity contribution in [3.8, 4) is 0 Å². The minimum Gasteiger partial charge on any atom is -0.373 e. The van der Waals surface area contributed by atoms with Crippen molar-refractivity contribution >= 4 is 17.5 Å². The van der Waals surface area contributed by atoms with E-state index < -0.39 is 0 Å². The van der Waals surface area contributed by atoms with E-state index in [1.54, 1.807) is 11.8 Å². The van der Waals surface area contributed by atoms with Crippen LogP contribution >= 0.6 is 11.8 Å². The molecule has 0 aliphatic rings. The molecule has 0 N–H and O–H groups in total. The van der Waals surface area contributed by atoms with Gasteiger partial charge in [0.25, 0.3) is 0 Å². The smallest absolute Gasteiger partial charge is 0.188 e. The Labute approximate surface area is 95.0 Å². The summed E-state index contributed by atoms with van der Waals surface area (Å²) in [6.07, 6.45) is 2.96. The van der Waals surface area contributed by atoms with Crippen LogP contribution in [0.1, 0.15) is 23.7 Å².